The molecule has 0 radical (unpaired) electrons. The van der Waals surface area contributed by atoms with Crippen molar-refractivity contribution in [3.8, 4) is 0 Å². The molecule has 15 heavy (non-hydrogen) atoms. The SMILES string of the molecule is CCCC1=C/C=C\C(NC(C)=O)=C/C=C1. The summed E-state index contributed by atoms with van der Waals surface area (Å²) in [5.74, 6) is -0.0439. The third-order valence-corrected chi connectivity index (χ3v) is 2.03. The molecule has 2 heteroatoms. The van der Waals surface area contributed by atoms with E-state index < -0.39 is 0 Å². The summed E-state index contributed by atoms with van der Waals surface area (Å²) in [5, 5.41) is 2.75. The standard InChI is InChI=1S/C13H17NO/c1-3-6-12-7-4-9-13(10-5-8-12)14-11(2)15/h4-5,7-10H,3,6H2,1-2H3,(H,14,15)/b7-4?,8-5?,9-4-,10-5?,12-7?,12-8?,13-9?,13-10+. The second kappa shape index (κ2) is 6.02. The Labute approximate surface area is 91.1 Å². The van der Waals surface area contributed by atoms with Gasteiger partial charge in [0.25, 0.3) is 0 Å². The lowest BCUT2D eigenvalue weighted by molar-refractivity contribution is -0.118. The lowest BCUT2D eigenvalue weighted by Crippen LogP contribution is -2.17. The molecule has 1 N–H and O–H groups in total. The van der Waals surface area contributed by atoms with Gasteiger partial charge in [-0.25, -0.2) is 0 Å². The van der Waals surface area contributed by atoms with E-state index in [4.69, 9.17) is 0 Å². The highest BCUT2D eigenvalue weighted by Gasteiger charge is 1.95. The van der Waals surface area contributed by atoms with Gasteiger partial charge in [0.2, 0.25) is 5.91 Å². The predicted molar refractivity (Wildman–Crippen MR) is 63.2 cm³/mol. The number of rotatable bonds is 3. The average molecular weight is 203 g/mol. The first-order valence-corrected chi connectivity index (χ1v) is 5.25. The molecule has 0 heterocycles. The van der Waals surface area contributed by atoms with Gasteiger partial charge in [-0.3, -0.25) is 4.79 Å². The molecule has 2 nitrogen and oxygen atoms in total. The smallest absolute Gasteiger partial charge is 0.221 e. The van der Waals surface area contributed by atoms with E-state index in [2.05, 4.69) is 24.4 Å². The van der Waals surface area contributed by atoms with Gasteiger partial charge >= 0.3 is 0 Å². The van der Waals surface area contributed by atoms with Crippen LogP contribution in [0, 0.1) is 0 Å². The van der Waals surface area contributed by atoms with Crippen molar-refractivity contribution in [2.75, 3.05) is 0 Å². The summed E-state index contributed by atoms with van der Waals surface area (Å²) in [6, 6.07) is 0. The predicted octanol–water partition coefficient (Wildman–Crippen LogP) is 2.86. The number of carbonyl (C=O) groups excluding carboxylic acids is 1. The summed E-state index contributed by atoms with van der Waals surface area (Å²) >= 11 is 0. The molecular formula is C13H17NO. The molecule has 0 saturated heterocycles. The molecule has 0 unspecified atom stereocenters. The van der Waals surface area contributed by atoms with Crippen molar-refractivity contribution >= 4 is 5.91 Å². The fraction of sp³-hybridized carbons (Fsp3) is 0.308. The van der Waals surface area contributed by atoms with E-state index >= 15 is 0 Å². The highest BCUT2D eigenvalue weighted by Crippen LogP contribution is 2.09. The van der Waals surface area contributed by atoms with Gasteiger partial charge in [-0.1, -0.05) is 37.6 Å². The Morgan fingerprint density at radius 1 is 1.27 bits per heavy atom. The van der Waals surface area contributed by atoms with E-state index in [1.54, 1.807) is 0 Å². The summed E-state index contributed by atoms with van der Waals surface area (Å²) in [6.45, 7) is 3.67. The Morgan fingerprint density at radius 2 is 2.00 bits per heavy atom. The molecule has 1 amide bonds. The summed E-state index contributed by atoms with van der Waals surface area (Å²) < 4.78 is 0. The molecule has 0 atom stereocenters. The zero-order chi connectivity index (χ0) is 11.1. The van der Waals surface area contributed by atoms with Crippen molar-refractivity contribution in [1.82, 2.24) is 5.32 Å². The van der Waals surface area contributed by atoms with Crippen LogP contribution < -0.4 is 5.32 Å². The van der Waals surface area contributed by atoms with Crippen LogP contribution in [0.15, 0.2) is 47.7 Å². The maximum Gasteiger partial charge on any atom is 0.221 e. The van der Waals surface area contributed by atoms with Crippen LogP contribution in [0.25, 0.3) is 0 Å². The normalized spacial score (nSPS) is 20.7. The average Bonchev–Trinajstić information content (AvgIpc) is 2.12. The van der Waals surface area contributed by atoms with E-state index in [-0.39, 0.29) is 5.91 Å². The van der Waals surface area contributed by atoms with Gasteiger partial charge < -0.3 is 5.32 Å². The number of nitrogens with one attached hydrogen (secondary N) is 1. The van der Waals surface area contributed by atoms with Gasteiger partial charge in [0.1, 0.15) is 0 Å². The van der Waals surface area contributed by atoms with Gasteiger partial charge in [-0.2, -0.15) is 0 Å². The summed E-state index contributed by atoms with van der Waals surface area (Å²) in [6.07, 6.45) is 14.1. The Hall–Kier alpha value is -1.57. The molecule has 0 spiro atoms. The highest BCUT2D eigenvalue weighted by molar-refractivity contribution is 5.75. The topological polar surface area (TPSA) is 29.1 Å². The van der Waals surface area contributed by atoms with Crippen LogP contribution in [-0.4, -0.2) is 5.91 Å². The fourth-order valence-electron chi connectivity index (χ4n) is 1.40. The minimum atomic E-state index is -0.0439. The number of carbonyl (C=O) groups is 1. The van der Waals surface area contributed by atoms with Gasteiger partial charge in [0.05, 0.1) is 0 Å². The largest absolute Gasteiger partial charge is 0.326 e. The minimum absolute atomic E-state index is 0.0439. The number of allylic oxidation sites excluding steroid dienone is 7. The monoisotopic (exact) mass is 203 g/mol. The zero-order valence-electron chi connectivity index (χ0n) is 9.29. The molecule has 0 aromatic carbocycles. The van der Waals surface area contributed by atoms with Crippen molar-refractivity contribution in [3.63, 3.8) is 0 Å². The van der Waals surface area contributed by atoms with Crippen molar-refractivity contribution in [3.05, 3.63) is 47.7 Å². The van der Waals surface area contributed by atoms with E-state index in [1.165, 1.54) is 12.5 Å². The minimum Gasteiger partial charge on any atom is -0.326 e. The third kappa shape index (κ3) is 4.45. The molecule has 0 aromatic heterocycles. The number of amides is 1. The van der Waals surface area contributed by atoms with Crippen LogP contribution >= 0.6 is 0 Å². The fourth-order valence-corrected chi connectivity index (χ4v) is 1.40. The van der Waals surface area contributed by atoms with Crippen LogP contribution in [0.1, 0.15) is 26.7 Å². The molecule has 80 valence electrons. The van der Waals surface area contributed by atoms with Crippen molar-refractivity contribution in [2.45, 2.75) is 26.7 Å². The Kier molecular flexibility index (Phi) is 4.61. The highest BCUT2D eigenvalue weighted by atomic mass is 16.1. The van der Waals surface area contributed by atoms with Crippen molar-refractivity contribution < 1.29 is 4.79 Å². The molecule has 0 aromatic rings. The van der Waals surface area contributed by atoms with Gasteiger partial charge in [0.15, 0.2) is 0 Å². The third-order valence-electron chi connectivity index (χ3n) is 2.03. The zero-order valence-corrected chi connectivity index (χ0v) is 9.29. The summed E-state index contributed by atoms with van der Waals surface area (Å²) in [7, 11) is 0. The lowest BCUT2D eigenvalue weighted by Gasteiger charge is -2.04. The van der Waals surface area contributed by atoms with Crippen molar-refractivity contribution in [2.24, 2.45) is 0 Å². The van der Waals surface area contributed by atoms with Crippen LogP contribution in [0.3, 0.4) is 0 Å². The molecule has 0 saturated carbocycles. The van der Waals surface area contributed by atoms with Crippen LogP contribution in [0.2, 0.25) is 0 Å². The molecule has 0 fully saturated rings. The maximum absolute atomic E-state index is 10.9. The molecular weight excluding hydrogens is 186 g/mol. The Bertz CT molecular complexity index is 346. The van der Waals surface area contributed by atoms with Gasteiger partial charge in [0, 0.05) is 12.6 Å². The van der Waals surface area contributed by atoms with E-state index in [0.717, 1.165) is 18.5 Å². The summed E-state index contributed by atoms with van der Waals surface area (Å²) in [4.78, 5) is 10.9. The molecule has 1 aliphatic carbocycles. The lowest BCUT2D eigenvalue weighted by atomic mass is 10.1. The first kappa shape index (κ1) is 11.5. The van der Waals surface area contributed by atoms with E-state index in [0.29, 0.717) is 0 Å². The molecule has 0 aliphatic heterocycles. The molecule has 1 rings (SSSR count). The van der Waals surface area contributed by atoms with Crippen LogP contribution in [0.5, 0.6) is 0 Å². The van der Waals surface area contributed by atoms with Gasteiger partial charge in [-0.05, 0) is 24.1 Å². The quantitative estimate of drug-likeness (QED) is 0.750. The first-order valence-electron chi connectivity index (χ1n) is 5.25. The Balaban J connectivity index is 2.68. The second-order valence-corrected chi connectivity index (χ2v) is 3.51. The summed E-state index contributed by atoms with van der Waals surface area (Å²) in [5.41, 5.74) is 2.14. The molecule has 0 bridgehead atoms. The second-order valence-electron chi connectivity index (χ2n) is 3.51. The van der Waals surface area contributed by atoms with Gasteiger partial charge in [-0.15, -0.1) is 0 Å². The number of hydrogen-bond donors (Lipinski definition) is 1. The van der Waals surface area contributed by atoms with E-state index in [1.807, 2.05) is 24.3 Å². The molecule has 1 aliphatic rings. The van der Waals surface area contributed by atoms with Crippen LogP contribution in [-0.2, 0) is 4.79 Å². The van der Waals surface area contributed by atoms with Crippen molar-refractivity contribution in [1.29, 1.82) is 0 Å². The van der Waals surface area contributed by atoms with Crippen LogP contribution in [0.4, 0.5) is 0 Å². The Morgan fingerprint density at radius 3 is 2.67 bits per heavy atom. The number of hydrogen-bond acceptors (Lipinski definition) is 1. The maximum atomic E-state index is 10.9. The van der Waals surface area contributed by atoms with E-state index in [9.17, 15) is 4.79 Å². The first-order chi connectivity index (χ1) is 7.22.